The van der Waals surface area contributed by atoms with Gasteiger partial charge in [0.25, 0.3) is 0 Å². The van der Waals surface area contributed by atoms with E-state index < -0.39 is 7.12 Å². The number of hydrogen-bond acceptors (Lipinski definition) is 5. The summed E-state index contributed by atoms with van der Waals surface area (Å²) in [6.45, 7) is 8.75. The van der Waals surface area contributed by atoms with Crippen LogP contribution in [0.15, 0.2) is 23.9 Å². The molecule has 1 fully saturated rings. The fraction of sp³-hybridized carbons (Fsp3) is 0.500. The smallest absolute Gasteiger partial charge is 0.400 e. The standard InChI is InChI=1S/C16H22BN3O2/c1-15(2)16(3,4)22-17(21-15)14(11-19-5)7-12-6-13(8-18)10-20-9-12/h6-7,9-10,19H,11H2,1-5H3. The molecule has 0 aromatic carbocycles. The van der Waals surface area contributed by atoms with Crippen molar-refractivity contribution in [2.75, 3.05) is 13.6 Å². The monoisotopic (exact) mass is 299 g/mol. The predicted octanol–water partition coefficient (Wildman–Crippen LogP) is 2.19. The van der Waals surface area contributed by atoms with Crippen molar-refractivity contribution in [3.63, 3.8) is 0 Å². The molecule has 1 N–H and O–H groups in total. The number of nitrogens with zero attached hydrogens (tertiary/aromatic N) is 2. The van der Waals surface area contributed by atoms with E-state index >= 15 is 0 Å². The Labute approximate surface area is 132 Å². The molecule has 0 atom stereocenters. The molecular weight excluding hydrogens is 277 g/mol. The van der Waals surface area contributed by atoms with Crippen LogP contribution < -0.4 is 5.32 Å². The first-order valence-electron chi connectivity index (χ1n) is 7.35. The zero-order chi connectivity index (χ0) is 16.4. The second kappa shape index (κ2) is 6.21. The molecule has 0 unspecified atom stereocenters. The Balaban J connectivity index is 2.31. The van der Waals surface area contributed by atoms with E-state index in [0.29, 0.717) is 12.1 Å². The molecule has 1 saturated heterocycles. The highest BCUT2D eigenvalue weighted by Gasteiger charge is 2.52. The Morgan fingerprint density at radius 1 is 1.32 bits per heavy atom. The summed E-state index contributed by atoms with van der Waals surface area (Å²) in [5.41, 5.74) is 1.61. The van der Waals surface area contributed by atoms with Gasteiger partial charge in [-0.25, -0.2) is 0 Å². The van der Waals surface area contributed by atoms with Crippen molar-refractivity contribution in [1.29, 1.82) is 5.26 Å². The molecule has 1 aromatic heterocycles. The summed E-state index contributed by atoms with van der Waals surface area (Å²) < 4.78 is 12.2. The molecule has 0 spiro atoms. The Kier molecular flexibility index (Phi) is 4.71. The molecular formula is C16H22BN3O2. The van der Waals surface area contributed by atoms with Crippen molar-refractivity contribution in [3.8, 4) is 6.07 Å². The number of pyridine rings is 1. The van der Waals surface area contributed by atoms with Crippen LogP contribution in [-0.2, 0) is 9.31 Å². The quantitative estimate of drug-likeness (QED) is 0.863. The van der Waals surface area contributed by atoms with Gasteiger partial charge in [0.05, 0.1) is 16.8 Å². The van der Waals surface area contributed by atoms with E-state index in [1.165, 1.54) is 0 Å². The number of nitrogens with one attached hydrogen (secondary N) is 1. The largest absolute Gasteiger partial charge is 0.491 e. The van der Waals surface area contributed by atoms with Crippen molar-refractivity contribution in [2.45, 2.75) is 38.9 Å². The lowest BCUT2D eigenvalue weighted by Crippen LogP contribution is -2.41. The van der Waals surface area contributed by atoms with Gasteiger partial charge in [0, 0.05) is 18.9 Å². The van der Waals surface area contributed by atoms with E-state index in [1.54, 1.807) is 18.5 Å². The van der Waals surface area contributed by atoms with Gasteiger partial charge in [0.2, 0.25) is 0 Å². The zero-order valence-corrected chi connectivity index (χ0v) is 13.8. The van der Waals surface area contributed by atoms with Crippen molar-refractivity contribution in [2.24, 2.45) is 0 Å². The first kappa shape index (κ1) is 16.7. The highest BCUT2D eigenvalue weighted by molar-refractivity contribution is 6.55. The minimum absolute atomic E-state index is 0.378. The maximum Gasteiger partial charge on any atom is 0.491 e. The number of hydrogen-bond donors (Lipinski definition) is 1. The summed E-state index contributed by atoms with van der Waals surface area (Å²) in [4.78, 5) is 4.08. The molecule has 116 valence electrons. The molecule has 0 amide bonds. The summed E-state index contributed by atoms with van der Waals surface area (Å²) in [5.74, 6) is 0. The lowest BCUT2D eigenvalue weighted by Gasteiger charge is -2.32. The Morgan fingerprint density at radius 3 is 2.50 bits per heavy atom. The first-order valence-corrected chi connectivity index (χ1v) is 7.35. The van der Waals surface area contributed by atoms with Crippen LogP contribution >= 0.6 is 0 Å². The van der Waals surface area contributed by atoms with E-state index in [1.807, 2.05) is 40.8 Å². The molecule has 2 heterocycles. The minimum atomic E-state index is -0.414. The van der Waals surface area contributed by atoms with Crippen LogP contribution in [0.3, 0.4) is 0 Å². The maximum absolute atomic E-state index is 8.98. The Morgan fingerprint density at radius 2 is 1.95 bits per heavy atom. The van der Waals surface area contributed by atoms with Crippen LogP contribution in [0, 0.1) is 11.3 Å². The molecule has 0 radical (unpaired) electrons. The molecule has 0 bridgehead atoms. The second-order valence-corrected chi connectivity index (χ2v) is 6.46. The molecule has 0 aliphatic carbocycles. The van der Waals surface area contributed by atoms with Gasteiger partial charge in [-0.3, -0.25) is 4.98 Å². The molecule has 6 heteroatoms. The minimum Gasteiger partial charge on any atom is -0.400 e. The third kappa shape index (κ3) is 3.38. The average Bonchev–Trinajstić information content (AvgIpc) is 2.67. The van der Waals surface area contributed by atoms with Crippen molar-refractivity contribution >= 4 is 13.2 Å². The summed E-state index contributed by atoms with van der Waals surface area (Å²) in [7, 11) is 1.46. The topological polar surface area (TPSA) is 67.2 Å². The summed E-state index contributed by atoms with van der Waals surface area (Å²) >= 11 is 0. The number of likely N-dealkylation sites (N-methyl/N-ethyl adjacent to an activating group) is 1. The SMILES string of the molecule is CNCC(=Cc1cncc(C#N)c1)B1OC(C)(C)C(C)(C)O1. The lowest BCUT2D eigenvalue weighted by molar-refractivity contribution is 0.00578. The van der Waals surface area contributed by atoms with Crippen LogP contribution in [0.2, 0.25) is 0 Å². The number of rotatable bonds is 4. The van der Waals surface area contributed by atoms with E-state index in [4.69, 9.17) is 14.6 Å². The molecule has 5 nitrogen and oxygen atoms in total. The average molecular weight is 299 g/mol. The van der Waals surface area contributed by atoms with Gasteiger partial charge < -0.3 is 14.6 Å². The van der Waals surface area contributed by atoms with Gasteiger partial charge in [-0.15, -0.1) is 0 Å². The highest BCUT2D eigenvalue weighted by Crippen LogP contribution is 2.38. The summed E-state index contributed by atoms with van der Waals surface area (Å²) in [6, 6.07) is 3.90. The van der Waals surface area contributed by atoms with Gasteiger partial charge in [-0.1, -0.05) is 6.08 Å². The van der Waals surface area contributed by atoms with Crippen molar-refractivity contribution in [3.05, 3.63) is 35.1 Å². The van der Waals surface area contributed by atoms with Crippen LogP contribution in [0.1, 0.15) is 38.8 Å². The third-order valence-corrected chi connectivity index (χ3v) is 4.18. The molecule has 22 heavy (non-hydrogen) atoms. The van der Waals surface area contributed by atoms with Crippen molar-refractivity contribution < 1.29 is 9.31 Å². The Hall–Kier alpha value is -1.68. The predicted molar refractivity (Wildman–Crippen MR) is 86.9 cm³/mol. The Bertz CT molecular complexity index is 604. The van der Waals surface area contributed by atoms with E-state index in [-0.39, 0.29) is 11.2 Å². The number of aromatic nitrogens is 1. The van der Waals surface area contributed by atoms with Gasteiger partial charge in [-0.2, -0.15) is 5.26 Å². The van der Waals surface area contributed by atoms with Gasteiger partial charge in [0.1, 0.15) is 6.07 Å². The highest BCUT2D eigenvalue weighted by atomic mass is 16.7. The van der Waals surface area contributed by atoms with E-state index in [0.717, 1.165) is 11.0 Å². The molecule has 1 aliphatic heterocycles. The van der Waals surface area contributed by atoms with Gasteiger partial charge >= 0.3 is 7.12 Å². The zero-order valence-electron chi connectivity index (χ0n) is 13.8. The van der Waals surface area contributed by atoms with Crippen LogP contribution in [0.25, 0.3) is 6.08 Å². The van der Waals surface area contributed by atoms with Gasteiger partial charge in [0.15, 0.2) is 0 Å². The summed E-state index contributed by atoms with van der Waals surface area (Å²) in [6.07, 6.45) is 5.23. The fourth-order valence-corrected chi connectivity index (χ4v) is 2.21. The second-order valence-electron chi connectivity index (χ2n) is 6.46. The summed E-state index contributed by atoms with van der Waals surface area (Å²) in [5, 5.41) is 12.1. The number of nitriles is 1. The normalized spacial score (nSPS) is 20.0. The van der Waals surface area contributed by atoms with Gasteiger partial charge in [-0.05, 0) is 51.8 Å². The molecule has 0 saturated carbocycles. The lowest BCUT2D eigenvalue weighted by atomic mass is 9.77. The van der Waals surface area contributed by atoms with Crippen LogP contribution in [0.5, 0.6) is 0 Å². The molecule has 1 aliphatic rings. The van der Waals surface area contributed by atoms with E-state index in [2.05, 4.69) is 16.4 Å². The first-order chi connectivity index (χ1) is 10.3. The third-order valence-electron chi connectivity index (χ3n) is 4.18. The molecule has 2 rings (SSSR count). The molecule has 1 aromatic rings. The maximum atomic E-state index is 8.98. The van der Waals surface area contributed by atoms with Crippen molar-refractivity contribution in [1.82, 2.24) is 10.3 Å². The van der Waals surface area contributed by atoms with E-state index in [9.17, 15) is 0 Å². The van der Waals surface area contributed by atoms with Crippen LogP contribution in [-0.4, -0.2) is 36.9 Å². The van der Waals surface area contributed by atoms with Crippen LogP contribution in [0.4, 0.5) is 0 Å². The fourth-order valence-electron chi connectivity index (χ4n) is 2.21.